The predicted molar refractivity (Wildman–Crippen MR) is 85.1 cm³/mol. The number of aryl methyl sites for hydroxylation is 1. The van der Waals surface area contributed by atoms with E-state index in [2.05, 4.69) is 15.0 Å². The minimum Gasteiger partial charge on any atom is -0.495 e. The highest BCUT2D eigenvalue weighted by Crippen LogP contribution is 2.29. The number of hydrogen-bond acceptors (Lipinski definition) is 7. The van der Waals surface area contributed by atoms with Gasteiger partial charge in [0.25, 0.3) is 0 Å². The van der Waals surface area contributed by atoms with E-state index in [-0.39, 0.29) is 5.95 Å². The minimum absolute atomic E-state index is 0.366. The smallest absolute Gasteiger partial charge is 0.493 e. The summed E-state index contributed by atoms with van der Waals surface area (Å²) in [4.78, 5) is 18.5. The zero-order valence-corrected chi connectivity index (χ0v) is 13.0. The van der Waals surface area contributed by atoms with Crippen molar-refractivity contribution < 1.29 is 9.66 Å². The van der Waals surface area contributed by atoms with E-state index in [1.807, 2.05) is 29.2 Å². The molecule has 0 unspecified atom stereocenters. The molecule has 23 heavy (non-hydrogen) atoms. The largest absolute Gasteiger partial charge is 0.495 e. The van der Waals surface area contributed by atoms with Gasteiger partial charge in [-0.2, -0.15) is 4.68 Å². The van der Waals surface area contributed by atoms with Crippen molar-refractivity contribution in [2.24, 2.45) is 7.05 Å². The molecule has 1 aliphatic rings. The van der Waals surface area contributed by atoms with E-state index in [9.17, 15) is 10.1 Å². The second-order valence-corrected chi connectivity index (χ2v) is 5.24. The first-order valence-corrected chi connectivity index (χ1v) is 7.28. The zero-order valence-electron chi connectivity index (χ0n) is 13.0. The second kappa shape index (κ2) is 6.11. The maximum absolute atomic E-state index is 10.8. The Labute approximate surface area is 133 Å². The monoisotopic (exact) mass is 318 g/mol. The van der Waals surface area contributed by atoms with Crippen LogP contribution >= 0.6 is 0 Å². The van der Waals surface area contributed by atoms with Crippen molar-refractivity contribution in [1.82, 2.24) is 14.8 Å². The number of nitrogens with zero attached hydrogens (tertiary/aromatic N) is 6. The second-order valence-electron chi connectivity index (χ2n) is 5.24. The number of nitro groups is 1. The van der Waals surface area contributed by atoms with Crippen molar-refractivity contribution in [1.29, 1.82) is 0 Å². The first-order valence-electron chi connectivity index (χ1n) is 7.28. The van der Waals surface area contributed by atoms with Gasteiger partial charge >= 0.3 is 11.9 Å². The molecule has 0 N–H and O–H groups in total. The molecule has 0 radical (unpaired) electrons. The average molecular weight is 318 g/mol. The van der Waals surface area contributed by atoms with Crippen LogP contribution in [0.3, 0.4) is 0 Å². The molecule has 1 fully saturated rings. The fourth-order valence-corrected chi connectivity index (χ4v) is 2.75. The first-order chi connectivity index (χ1) is 11.1. The van der Waals surface area contributed by atoms with Gasteiger partial charge in [-0.05, 0) is 22.0 Å². The molecule has 2 aromatic rings. The van der Waals surface area contributed by atoms with E-state index < -0.39 is 4.92 Å². The third-order valence-electron chi connectivity index (χ3n) is 3.88. The maximum Gasteiger partial charge on any atom is 0.493 e. The van der Waals surface area contributed by atoms with Crippen LogP contribution in [0, 0.1) is 10.1 Å². The number of piperazine rings is 1. The summed E-state index contributed by atoms with van der Waals surface area (Å²) in [6.45, 7) is 2.98. The van der Waals surface area contributed by atoms with Crippen molar-refractivity contribution in [3.05, 3.63) is 34.4 Å². The quantitative estimate of drug-likeness (QED) is 0.615. The highest BCUT2D eigenvalue weighted by Gasteiger charge is 2.27. The molecule has 9 nitrogen and oxygen atoms in total. The highest BCUT2D eigenvalue weighted by atomic mass is 16.6. The van der Waals surface area contributed by atoms with Gasteiger partial charge in [0.1, 0.15) is 5.75 Å². The Morgan fingerprint density at radius 2 is 1.83 bits per heavy atom. The summed E-state index contributed by atoms with van der Waals surface area (Å²) >= 11 is 0. The van der Waals surface area contributed by atoms with Crippen molar-refractivity contribution in [2.75, 3.05) is 43.1 Å². The average Bonchev–Trinajstić information content (AvgIpc) is 2.97. The van der Waals surface area contributed by atoms with E-state index in [0.29, 0.717) is 19.0 Å². The van der Waals surface area contributed by atoms with Crippen LogP contribution in [0.2, 0.25) is 0 Å². The van der Waals surface area contributed by atoms with Gasteiger partial charge in [0.05, 0.1) is 12.8 Å². The summed E-state index contributed by atoms with van der Waals surface area (Å²) in [5.74, 6) is 1.00. The van der Waals surface area contributed by atoms with Crippen LogP contribution in [0.1, 0.15) is 0 Å². The molecule has 122 valence electrons. The van der Waals surface area contributed by atoms with Gasteiger partial charge in [-0.1, -0.05) is 12.1 Å². The maximum atomic E-state index is 10.8. The summed E-state index contributed by atoms with van der Waals surface area (Å²) < 4.78 is 6.86. The minimum atomic E-state index is -0.575. The van der Waals surface area contributed by atoms with Crippen molar-refractivity contribution in [2.45, 2.75) is 0 Å². The topological polar surface area (TPSA) is 89.6 Å². The lowest BCUT2D eigenvalue weighted by Crippen LogP contribution is -2.47. The third kappa shape index (κ3) is 2.89. The molecule has 0 bridgehead atoms. The fourth-order valence-electron chi connectivity index (χ4n) is 2.75. The van der Waals surface area contributed by atoms with Crippen molar-refractivity contribution >= 4 is 17.6 Å². The molecule has 0 saturated carbocycles. The van der Waals surface area contributed by atoms with Gasteiger partial charge in [-0.3, -0.25) is 0 Å². The summed E-state index contributed by atoms with van der Waals surface area (Å²) in [6, 6.07) is 7.89. The van der Waals surface area contributed by atoms with Crippen LogP contribution in [0.25, 0.3) is 0 Å². The Morgan fingerprint density at radius 1 is 1.17 bits per heavy atom. The molecule has 9 heteroatoms. The van der Waals surface area contributed by atoms with Gasteiger partial charge < -0.3 is 24.7 Å². The van der Waals surface area contributed by atoms with E-state index in [4.69, 9.17) is 4.74 Å². The number of hydrogen-bond donors (Lipinski definition) is 0. The number of benzene rings is 1. The summed E-state index contributed by atoms with van der Waals surface area (Å²) in [7, 11) is 3.33. The van der Waals surface area contributed by atoms with Crippen LogP contribution in [0.15, 0.2) is 24.3 Å². The fraction of sp³-hybridized carbons (Fsp3) is 0.429. The lowest BCUT2D eigenvalue weighted by molar-refractivity contribution is -0.394. The Balaban J connectivity index is 1.72. The molecule has 0 aliphatic carbocycles. The van der Waals surface area contributed by atoms with E-state index in [1.54, 1.807) is 14.2 Å². The van der Waals surface area contributed by atoms with Gasteiger partial charge in [-0.25, -0.2) is 0 Å². The van der Waals surface area contributed by atoms with E-state index in [0.717, 1.165) is 24.5 Å². The van der Waals surface area contributed by atoms with Gasteiger partial charge in [0.2, 0.25) is 0 Å². The Kier molecular flexibility index (Phi) is 4.00. The van der Waals surface area contributed by atoms with Crippen LogP contribution < -0.4 is 14.5 Å². The molecule has 3 rings (SSSR count). The standard InChI is InChI=1S/C14H18N6O3/c1-17-14(15-13(16-17)20(21)22)19-9-7-18(8-10-19)11-5-3-4-6-12(11)23-2/h3-6H,7-10H2,1-2H3. The van der Waals surface area contributed by atoms with Gasteiger partial charge in [0.15, 0.2) is 0 Å². The molecule has 1 aromatic heterocycles. The van der Waals surface area contributed by atoms with Crippen LogP contribution in [-0.2, 0) is 7.05 Å². The molecule has 1 aromatic carbocycles. The molecule has 2 heterocycles. The number of anilines is 2. The van der Waals surface area contributed by atoms with Crippen molar-refractivity contribution in [3.8, 4) is 5.75 Å². The highest BCUT2D eigenvalue weighted by molar-refractivity contribution is 5.59. The van der Waals surface area contributed by atoms with Gasteiger partial charge in [0, 0.05) is 38.3 Å². The Hall–Kier alpha value is -2.84. The normalized spacial score (nSPS) is 14.9. The van der Waals surface area contributed by atoms with Crippen molar-refractivity contribution in [3.63, 3.8) is 0 Å². The number of rotatable bonds is 4. The molecular weight excluding hydrogens is 300 g/mol. The molecule has 0 atom stereocenters. The molecular formula is C14H18N6O3. The summed E-state index contributed by atoms with van der Waals surface area (Å²) in [5, 5.41) is 14.6. The first kappa shape index (κ1) is 15.1. The number of methoxy groups -OCH3 is 1. The SMILES string of the molecule is COc1ccccc1N1CCN(c2nc([N+](=O)[O-])nn2C)CC1. The summed E-state index contributed by atoms with van der Waals surface area (Å²) in [6.07, 6.45) is 0. The number of para-hydroxylation sites is 2. The lowest BCUT2D eigenvalue weighted by atomic mass is 10.2. The molecule has 0 amide bonds. The van der Waals surface area contributed by atoms with Gasteiger partial charge in [-0.15, -0.1) is 0 Å². The van der Waals surface area contributed by atoms with Crippen LogP contribution in [0.5, 0.6) is 5.75 Å². The predicted octanol–water partition coefficient (Wildman–Crippen LogP) is 1.06. The van der Waals surface area contributed by atoms with Crippen LogP contribution in [-0.4, -0.2) is 53.0 Å². The third-order valence-corrected chi connectivity index (χ3v) is 3.88. The Bertz CT molecular complexity index is 708. The Morgan fingerprint density at radius 3 is 2.43 bits per heavy atom. The number of ether oxygens (including phenoxy) is 1. The number of aromatic nitrogens is 3. The molecule has 1 saturated heterocycles. The molecule has 0 spiro atoms. The summed E-state index contributed by atoms with van der Waals surface area (Å²) in [5.41, 5.74) is 1.05. The molecule has 1 aliphatic heterocycles. The lowest BCUT2D eigenvalue weighted by Gasteiger charge is -2.35. The van der Waals surface area contributed by atoms with E-state index >= 15 is 0 Å². The zero-order chi connectivity index (χ0) is 16.4. The van der Waals surface area contributed by atoms with Crippen LogP contribution in [0.4, 0.5) is 17.6 Å². The van der Waals surface area contributed by atoms with E-state index in [1.165, 1.54) is 4.68 Å².